The Morgan fingerprint density at radius 2 is 2.29 bits per heavy atom. The number of carbonyl (C=O) groups is 1. The summed E-state index contributed by atoms with van der Waals surface area (Å²) in [5.74, 6) is 0.884. The van der Waals surface area contributed by atoms with E-state index < -0.39 is 0 Å². The van der Waals surface area contributed by atoms with Crippen LogP contribution in [0.1, 0.15) is 18.5 Å². The Bertz CT molecular complexity index is 427. The zero-order valence-corrected chi connectivity index (χ0v) is 10.4. The lowest BCUT2D eigenvalue weighted by Gasteiger charge is -2.25. The van der Waals surface area contributed by atoms with Crippen molar-refractivity contribution in [3.63, 3.8) is 0 Å². The molecule has 1 aliphatic heterocycles. The molecule has 1 aliphatic rings. The fraction of sp³-hybridized carbons (Fsp3) is 0.636. The summed E-state index contributed by atoms with van der Waals surface area (Å²) in [4.78, 5) is 11.9. The van der Waals surface area contributed by atoms with Crippen molar-refractivity contribution in [1.82, 2.24) is 9.78 Å². The third kappa shape index (κ3) is 2.26. The van der Waals surface area contributed by atoms with Crippen LogP contribution in [0.3, 0.4) is 0 Å². The van der Waals surface area contributed by atoms with Gasteiger partial charge in [0.25, 0.3) is 0 Å². The van der Waals surface area contributed by atoms with E-state index in [2.05, 4.69) is 15.7 Å². The van der Waals surface area contributed by atoms with E-state index in [4.69, 9.17) is 4.74 Å². The lowest BCUT2D eigenvalue weighted by Crippen LogP contribution is -2.39. The number of hydrogen-bond donors (Lipinski definition) is 2. The monoisotopic (exact) mass is 238 g/mol. The maximum absolute atomic E-state index is 11.9. The van der Waals surface area contributed by atoms with Gasteiger partial charge >= 0.3 is 0 Å². The fourth-order valence-corrected chi connectivity index (χ4v) is 2.05. The molecule has 0 saturated carbocycles. The third-order valence-corrected chi connectivity index (χ3v) is 2.94. The smallest absolute Gasteiger partial charge is 0.247 e. The molecule has 2 rings (SSSR count). The second-order valence-corrected chi connectivity index (χ2v) is 4.25. The molecule has 2 N–H and O–H groups in total. The van der Waals surface area contributed by atoms with E-state index in [9.17, 15) is 4.79 Å². The zero-order chi connectivity index (χ0) is 12.4. The largest absolute Gasteiger partial charge is 0.385 e. The molecular formula is C11H18N4O2. The van der Waals surface area contributed by atoms with Gasteiger partial charge in [-0.05, 0) is 19.8 Å². The van der Waals surface area contributed by atoms with Crippen LogP contribution in [0.15, 0.2) is 0 Å². The average Bonchev–Trinajstić information content (AvgIpc) is 2.55. The lowest BCUT2D eigenvalue weighted by atomic mass is 10.1. The molecular weight excluding hydrogens is 220 g/mol. The van der Waals surface area contributed by atoms with Crippen molar-refractivity contribution in [3.05, 3.63) is 5.69 Å². The first-order valence-electron chi connectivity index (χ1n) is 5.73. The summed E-state index contributed by atoms with van der Waals surface area (Å²) in [5.41, 5.74) is 1.62. The number of fused-ring (bicyclic) bond motifs is 1. The van der Waals surface area contributed by atoms with Gasteiger partial charge in [0.2, 0.25) is 5.91 Å². The first-order chi connectivity index (χ1) is 8.13. The predicted molar refractivity (Wildman–Crippen MR) is 65.1 cm³/mol. The van der Waals surface area contributed by atoms with Gasteiger partial charge in [-0.2, -0.15) is 5.10 Å². The Morgan fingerprint density at radius 3 is 3.00 bits per heavy atom. The molecule has 1 aromatic heterocycles. The van der Waals surface area contributed by atoms with Crippen LogP contribution in [0.4, 0.5) is 11.5 Å². The van der Waals surface area contributed by atoms with E-state index in [0.29, 0.717) is 6.61 Å². The highest BCUT2D eigenvalue weighted by Gasteiger charge is 2.28. The normalized spacial score (nSPS) is 18.5. The number of amides is 1. The van der Waals surface area contributed by atoms with Gasteiger partial charge in [0, 0.05) is 20.8 Å². The van der Waals surface area contributed by atoms with Crippen molar-refractivity contribution in [2.75, 3.05) is 24.4 Å². The van der Waals surface area contributed by atoms with E-state index >= 15 is 0 Å². The van der Waals surface area contributed by atoms with Crippen LogP contribution >= 0.6 is 0 Å². The van der Waals surface area contributed by atoms with E-state index in [1.807, 2.05) is 14.0 Å². The van der Waals surface area contributed by atoms with Crippen molar-refractivity contribution in [3.8, 4) is 0 Å². The topological polar surface area (TPSA) is 68.2 Å². The fourth-order valence-electron chi connectivity index (χ4n) is 2.05. The number of methoxy groups -OCH3 is 1. The maximum atomic E-state index is 11.9. The molecule has 1 unspecified atom stereocenters. The summed E-state index contributed by atoms with van der Waals surface area (Å²) in [6, 6.07) is -0.201. The summed E-state index contributed by atoms with van der Waals surface area (Å²) in [6.07, 6.45) is 1.61. The van der Waals surface area contributed by atoms with Crippen LogP contribution in [-0.2, 0) is 16.6 Å². The van der Waals surface area contributed by atoms with Gasteiger partial charge in [0.15, 0.2) is 0 Å². The Kier molecular flexibility index (Phi) is 3.33. The van der Waals surface area contributed by atoms with Gasteiger partial charge in [-0.25, -0.2) is 0 Å². The number of aryl methyl sites for hydroxylation is 2. The minimum Gasteiger partial charge on any atom is -0.385 e. The second kappa shape index (κ2) is 4.75. The quantitative estimate of drug-likeness (QED) is 0.764. The lowest BCUT2D eigenvalue weighted by molar-refractivity contribution is -0.117. The number of aromatic nitrogens is 2. The number of nitrogens with zero attached hydrogens (tertiary/aromatic N) is 2. The van der Waals surface area contributed by atoms with E-state index in [-0.39, 0.29) is 11.9 Å². The van der Waals surface area contributed by atoms with Crippen LogP contribution < -0.4 is 10.6 Å². The van der Waals surface area contributed by atoms with Gasteiger partial charge < -0.3 is 15.4 Å². The molecule has 0 aliphatic carbocycles. The first-order valence-corrected chi connectivity index (χ1v) is 5.73. The molecule has 0 saturated heterocycles. The molecule has 1 atom stereocenters. The number of ether oxygens (including phenoxy) is 1. The Morgan fingerprint density at radius 1 is 1.53 bits per heavy atom. The number of nitrogens with one attached hydrogen (secondary N) is 2. The van der Waals surface area contributed by atoms with Crippen LogP contribution in [0.5, 0.6) is 0 Å². The molecule has 0 bridgehead atoms. The zero-order valence-electron chi connectivity index (χ0n) is 10.4. The number of rotatable bonds is 4. The molecule has 2 heterocycles. The number of carbonyl (C=O) groups excluding carboxylic acids is 1. The molecule has 0 fully saturated rings. The molecule has 17 heavy (non-hydrogen) atoms. The molecule has 6 heteroatoms. The van der Waals surface area contributed by atoms with Crippen LogP contribution in [-0.4, -0.2) is 35.4 Å². The Labute approximate surface area is 100 Å². The number of hydrogen-bond acceptors (Lipinski definition) is 4. The van der Waals surface area contributed by atoms with Gasteiger partial charge in [0.05, 0.1) is 5.69 Å². The predicted octanol–water partition coefficient (Wildman–Crippen LogP) is 0.888. The van der Waals surface area contributed by atoms with Crippen LogP contribution in [0, 0.1) is 6.92 Å². The molecule has 1 amide bonds. The summed E-state index contributed by atoms with van der Waals surface area (Å²) in [5, 5.41) is 10.4. The highest BCUT2D eigenvalue weighted by Crippen LogP contribution is 2.30. The Balaban J connectivity index is 2.09. The average molecular weight is 238 g/mol. The van der Waals surface area contributed by atoms with Gasteiger partial charge in [-0.3, -0.25) is 9.48 Å². The minimum absolute atomic E-state index is 0.00435. The van der Waals surface area contributed by atoms with Crippen molar-refractivity contribution in [2.45, 2.75) is 25.8 Å². The molecule has 94 valence electrons. The highest BCUT2D eigenvalue weighted by molar-refractivity contribution is 6.02. The van der Waals surface area contributed by atoms with Gasteiger partial charge in [-0.1, -0.05) is 0 Å². The summed E-state index contributed by atoms with van der Waals surface area (Å²) >= 11 is 0. The summed E-state index contributed by atoms with van der Waals surface area (Å²) in [7, 11) is 3.53. The van der Waals surface area contributed by atoms with Crippen LogP contribution in [0.25, 0.3) is 0 Å². The van der Waals surface area contributed by atoms with Crippen molar-refractivity contribution in [1.29, 1.82) is 0 Å². The van der Waals surface area contributed by atoms with Crippen molar-refractivity contribution in [2.24, 2.45) is 7.05 Å². The van der Waals surface area contributed by atoms with Gasteiger partial charge in [-0.15, -0.1) is 0 Å². The molecule has 1 aromatic rings. The Hall–Kier alpha value is -1.56. The van der Waals surface area contributed by atoms with Gasteiger partial charge in [0.1, 0.15) is 17.5 Å². The van der Waals surface area contributed by atoms with Crippen LogP contribution in [0.2, 0.25) is 0 Å². The SMILES string of the molecule is COCCCC1Nc2c(c(C)nn2C)NC1=O. The summed E-state index contributed by atoms with van der Waals surface area (Å²) < 4.78 is 6.75. The maximum Gasteiger partial charge on any atom is 0.247 e. The standard InChI is InChI=1S/C11H18N4O2/c1-7-9-10(15(2)14-7)12-8(11(16)13-9)5-4-6-17-3/h8,12H,4-6H2,1-3H3,(H,13,16). The van der Waals surface area contributed by atoms with E-state index in [0.717, 1.165) is 30.0 Å². The van der Waals surface area contributed by atoms with Crippen molar-refractivity contribution < 1.29 is 9.53 Å². The molecule has 6 nitrogen and oxygen atoms in total. The van der Waals surface area contributed by atoms with E-state index in [1.54, 1.807) is 11.8 Å². The summed E-state index contributed by atoms with van der Waals surface area (Å²) in [6.45, 7) is 2.55. The van der Waals surface area contributed by atoms with E-state index in [1.165, 1.54) is 0 Å². The molecule has 0 spiro atoms. The highest BCUT2D eigenvalue weighted by atomic mass is 16.5. The first kappa shape index (κ1) is 11.9. The van der Waals surface area contributed by atoms with Crippen molar-refractivity contribution >= 4 is 17.4 Å². The minimum atomic E-state index is -0.201. The third-order valence-electron chi connectivity index (χ3n) is 2.94. The number of anilines is 2. The second-order valence-electron chi connectivity index (χ2n) is 4.25. The molecule has 0 aromatic carbocycles. The molecule has 0 radical (unpaired) electrons.